The van der Waals surface area contributed by atoms with E-state index >= 15 is 0 Å². The Morgan fingerprint density at radius 1 is 0.929 bits per heavy atom. The summed E-state index contributed by atoms with van der Waals surface area (Å²) in [6.45, 7) is 0.340. The highest BCUT2D eigenvalue weighted by Crippen LogP contribution is 2.25. The molecular formula is C21H21N3O4. The minimum atomic E-state index is -0.341. The molecule has 0 radical (unpaired) electrons. The van der Waals surface area contributed by atoms with Crippen LogP contribution in [0.3, 0.4) is 0 Å². The summed E-state index contributed by atoms with van der Waals surface area (Å²) in [5, 5.41) is 5.58. The molecule has 0 atom stereocenters. The van der Waals surface area contributed by atoms with Gasteiger partial charge < -0.3 is 24.8 Å². The highest BCUT2D eigenvalue weighted by Gasteiger charge is 2.07. The van der Waals surface area contributed by atoms with Crippen LogP contribution in [0.5, 0.6) is 23.1 Å². The number of hydrogen-bond acceptors (Lipinski definition) is 5. The first-order valence-electron chi connectivity index (χ1n) is 8.62. The lowest BCUT2D eigenvalue weighted by molar-refractivity contribution is 0.251. The lowest BCUT2D eigenvalue weighted by Crippen LogP contribution is -2.28. The van der Waals surface area contributed by atoms with Crippen molar-refractivity contribution >= 4 is 11.7 Å². The number of aromatic nitrogens is 1. The Labute approximate surface area is 163 Å². The summed E-state index contributed by atoms with van der Waals surface area (Å²) in [5.41, 5.74) is 1.47. The van der Waals surface area contributed by atoms with E-state index in [9.17, 15) is 4.79 Å². The lowest BCUT2D eigenvalue weighted by atomic mass is 10.2. The Hall–Kier alpha value is -3.74. The zero-order valence-electron chi connectivity index (χ0n) is 15.6. The summed E-state index contributed by atoms with van der Waals surface area (Å²) in [7, 11) is 3.11. The summed E-state index contributed by atoms with van der Waals surface area (Å²) < 4.78 is 16.1. The maximum Gasteiger partial charge on any atom is 0.319 e. The van der Waals surface area contributed by atoms with Crippen molar-refractivity contribution in [2.45, 2.75) is 6.54 Å². The number of nitrogens with zero attached hydrogens (tertiary/aromatic N) is 1. The maximum absolute atomic E-state index is 12.2. The van der Waals surface area contributed by atoms with Crippen molar-refractivity contribution in [2.75, 3.05) is 19.5 Å². The van der Waals surface area contributed by atoms with Crippen LogP contribution < -0.4 is 24.8 Å². The van der Waals surface area contributed by atoms with Crippen molar-refractivity contribution < 1.29 is 19.0 Å². The summed E-state index contributed by atoms with van der Waals surface area (Å²) in [6, 6.07) is 17.7. The molecule has 7 nitrogen and oxygen atoms in total. The van der Waals surface area contributed by atoms with Crippen LogP contribution in [-0.2, 0) is 6.54 Å². The zero-order valence-corrected chi connectivity index (χ0v) is 15.6. The molecule has 0 bridgehead atoms. The third-order valence-corrected chi connectivity index (χ3v) is 3.82. The van der Waals surface area contributed by atoms with E-state index in [1.54, 1.807) is 44.7 Å². The monoisotopic (exact) mass is 379 g/mol. The molecule has 0 aliphatic carbocycles. The highest BCUT2D eigenvalue weighted by atomic mass is 16.5. The molecule has 3 aromatic rings. The van der Waals surface area contributed by atoms with Gasteiger partial charge in [-0.25, -0.2) is 9.78 Å². The molecular weight excluding hydrogens is 358 g/mol. The first-order valence-corrected chi connectivity index (χ1v) is 8.62. The molecule has 0 unspecified atom stereocenters. The SMILES string of the molecule is COc1cc(NC(=O)NCc2cccc(Oc3ccccn3)c2)cc(OC)c1. The molecule has 0 aliphatic heterocycles. The van der Waals surface area contributed by atoms with E-state index in [0.717, 1.165) is 5.56 Å². The Bertz CT molecular complexity index is 910. The van der Waals surface area contributed by atoms with Crippen molar-refractivity contribution in [1.82, 2.24) is 10.3 Å². The number of amides is 2. The molecule has 0 saturated heterocycles. The van der Waals surface area contributed by atoms with Gasteiger partial charge in [-0.3, -0.25) is 0 Å². The van der Waals surface area contributed by atoms with Gasteiger partial charge in [0, 0.05) is 42.7 Å². The number of rotatable bonds is 7. The third-order valence-electron chi connectivity index (χ3n) is 3.82. The van der Waals surface area contributed by atoms with E-state index in [4.69, 9.17) is 14.2 Å². The number of benzene rings is 2. The van der Waals surface area contributed by atoms with Gasteiger partial charge >= 0.3 is 6.03 Å². The second kappa shape index (κ2) is 9.27. The van der Waals surface area contributed by atoms with E-state index in [-0.39, 0.29) is 6.03 Å². The molecule has 0 aliphatic rings. The van der Waals surface area contributed by atoms with Crippen LogP contribution in [0.1, 0.15) is 5.56 Å². The topological polar surface area (TPSA) is 81.7 Å². The van der Waals surface area contributed by atoms with E-state index in [1.165, 1.54) is 0 Å². The predicted octanol–water partition coefficient (Wildman–Crippen LogP) is 4.21. The van der Waals surface area contributed by atoms with Gasteiger partial charge in [-0.05, 0) is 23.8 Å². The molecule has 2 amide bonds. The first-order chi connectivity index (χ1) is 13.7. The van der Waals surface area contributed by atoms with Gasteiger partial charge in [0.15, 0.2) is 0 Å². The Kier molecular flexibility index (Phi) is 6.30. The fourth-order valence-electron chi connectivity index (χ4n) is 2.48. The van der Waals surface area contributed by atoms with Gasteiger partial charge in [0.2, 0.25) is 5.88 Å². The quantitative estimate of drug-likeness (QED) is 0.643. The fourth-order valence-corrected chi connectivity index (χ4v) is 2.48. The van der Waals surface area contributed by atoms with Crippen molar-refractivity contribution in [3.8, 4) is 23.1 Å². The standard InChI is InChI=1S/C21H21N3O4/c1-26-18-11-16(12-19(13-18)27-2)24-21(25)23-14-15-6-5-7-17(10-15)28-20-8-3-4-9-22-20/h3-13H,14H2,1-2H3,(H2,23,24,25). The number of pyridine rings is 1. The van der Waals surface area contributed by atoms with Crippen LogP contribution in [0, 0.1) is 0 Å². The van der Waals surface area contributed by atoms with E-state index in [2.05, 4.69) is 15.6 Å². The highest BCUT2D eigenvalue weighted by molar-refractivity contribution is 5.89. The van der Waals surface area contributed by atoms with Crippen LogP contribution in [0.15, 0.2) is 66.9 Å². The smallest absolute Gasteiger partial charge is 0.319 e. The van der Waals surface area contributed by atoms with E-state index in [0.29, 0.717) is 35.4 Å². The van der Waals surface area contributed by atoms with Crippen molar-refractivity contribution in [3.05, 3.63) is 72.4 Å². The number of urea groups is 1. The first kappa shape index (κ1) is 19.0. The molecule has 0 saturated carbocycles. The molecule has 3 rings (SSSR count). The third kappa shape index (κ3) is 5.38. The van der Waals surface area contributed by atoms with E-state index < -0.39 is 0 Å². The van der Waals surface area contributed by atoms with Crippen LogP contribution in [0.4, 0.5) is 10.5 Å². The molecule has 2 aromatic carbocycles. The summed E-state index contributed by atoms with van der Waals surface area (Å²) in [5.74, 6) is 2.34. The van der Waals surface area contributed by atoms with Crippen molar-refractivity contribution in [1.29, 1.82) is 0 Å². The summed E-state index contributed by atoms with van der Waals surface area (Å²) >= 11 is 0. The van der Waals surface area contributed by atoms with Crippen LogP contribution in [0.2, 0.25) is 0 Å². The predicted molar refractivity (Wildman–Crippen MR) is 106 cm³/mol. The molecule has 7 heteroatoms. The molecule has 28 heavy (non-hydrogen) atoms. The normalized spacial score (nSPS) is 10.1. The van der Waals surface area contributed by atoms with Gasteiger partial charge in [-0.15, -0.1) is 0 Å². The Morgan fingerprint density at radius 3 is 2.39 bits per heavy atom. The second-order valence-corrected chi connectivity index (χ2v) is 5.83. The molecule has 0 fully saturated rings. The second-order valence-electron chi connectivity index (χ2n) is 5.83. The summed E-state index contributed by atoms with van der Waals surface area (Å²) in [4.78, 5) is 16.3. The number of ether oxygens (including phenoxy) is 3. The number of anilines is 1. The average Bonchev–Trinajstić information content (AvgIpc) is 2.73. The average molecular weight is 379 g/mol. The van der Waals surface area contributed by atoms with Gasteiger partial charge in [-0.1, -0.05) is 18.2 Å². The molecule has 1 aromatic heterocycles. The minimum absolute atomic E-state index is 0.340. The Morgan fingerprint density at radius 2 is 1.71 bits per heavy atom. The van der Waals surface area contributed by atoms with E-state index in [1.807, 2.05) is 36.4 Å². The minimum Gasteiger partial charge on any atom is -0.497 e. The van der Waals surface area contributed by atoms with Crippen LogP contribution >= 0.6 is 0 Å². The number of carbonyl (C=O) groups excluding carboxylic acids is 1. The molecule has 1 heterocycles. The van der Waals surface area contributed by atoms with Crippen molar-refractivity contribution in [3.63, 3.8) is 0 Å². The molecule has 0 spiro atoms. The maximum atomic E-state index is 12.2. The number of nitrogens with one attached hydrogen (secondary N) is 2. The fraction of sp³-hybridized carbons (Fsp3) is 0.143. The summed E-state index contributed by atoms with van der Waals surface area (Å²) in [6.07, 6.45) is 1.67. The largest absolute Gasteiger partial charge is 0.497 e. The lowest BCUT2D eigenvalue weighted by Gasteiger charge is -2.11. The number of carbonyl (C=O) groups is 1. The van der Waals surface area contributed by atoms with Crippen LogP contribution in [0.25, 0.3) is 0 Å². The molecule has 2 N–H and O–H groups in total. The van der Waals surface area contributed by atoms with Crippen molar-refractivity contribution in [2.24, 2.45) is 0 Å². The van der Waals surface area contributed by atoms with Gasteiger partial charge in [0.05, 0.1) is 14.2 Å². The van der Waals surface area contributed by atoms with Gasteiger partial charge in [-0.2, -0.15) is 0 Å². The van der Waals surface area contributed by atoms with Gasteiger partial charge in [0.25, 0.3) is 0 Å². The number of hydrogen-bond donors (Lipinski definition) is 2. The van der Waals surface area contributed by atoms with Crippen LogP contribution in [-0.4, -0.2) is 25.2 Å². The Balaban J connectivity index is 1.58. The van der Waals surface area contributed by atoms with Gasteiger partial charge in [0.1, 0.15) is 17.2 Å². The number of methoxy groups -OCH3 is 2. The molecule has 144 valence electrons. The zero-order chi connectivity index (χ0) is 19.8.